The number of benzene rings is 1. The maximum absolute atomic E-state index is 13.1. The Morgan fingerprint density at radius 3 is 2.55 bits per heavy atom. The van der Waals surface area contributed by atoms with Gasteiger partial charge in [0, 0.05) is 11.7 Å². The van der Waals surface area contributed by atoms with Crippen molar-refractivity contribution in [3.63, 3.8) is 0 Å². The summed E-state index contributed by atoms with van der Waals surface area (Å²) in [6.45, 7) is 7.18. The summed E-state index contributed by atoms with van der Waals surface area (Å²) in [5, 5.41) is 5.66. The number of imide groups is 1. The van der Waals surface area contributed by atoms with Gasteiger partial charge in [0.2, 0.25) is 11.8 Å². The number of anilines is 1. The van der Waals surface area contributed by atoms with Gasteiger partial charge in [-0.25, -0.2) is 4.79 Å². The van der Waals surface area contributed by atoms with Crippen LogP contribution in [0.1, 0.15) is 57.1 Å². The van der Waals surface area contributed by atoms with E-state index in [-0.39, 0.29) is 30.9 Å². The smallest absolute Gasteiger partial charge is 0.325 e. The first kappa shape index (κ1) is 22.8. The molecule has 2 fully saturated rings. The molecule has 1 saturated carbocycles. The molecule has 31 heavy (non-hydrogen) atoms. The highest BCUT2D eigenvalue weighted by atomic mass is 16.2. The van der Waals surface area contributed by atoms with Crippen molar-refractivity contribution in [2.75, 3.05) is 18.4 Å². The second kappa shape index (κ2) is 9.08. The molecule has 0 radical (unpaired) electrons. The molecule has 5 amide bonds. The molecular formula is C23H32N4O4. The van der Waals surface area contributed by atoms with Crippen LogP contribution in [0.25, 0.3) is 0 Å². The van der Waals surface area contributed by atoms with Gasteiger partial charge in [-0.05, 0) is 57.2 Å². The molecule has 1 aromatic rings. The zero-order valence-electron chi connectivity index (χ0n) is 18.8. The SMILES string of the molecule is CC[C@@H](C)N(CC(=O)Nc1cccc(C)c1C)C(=O)CN1C(=O)NC2(CCCC2)C1=O. The van der Waals surface area contributed by atoms with Crippen LogP contribution in [0.15, 0.2) is 18.2 Å². The number of hydrogen-bond acceptors (Lipinski definition) is 4. The maximum Gasteiger partial charge on any atom is 0.325 e. The predicted molar refractivity (Wildman–Crippen MR) is 117 cm³/mol. The van der Waals surface area contributed by atoms with Crippen LogP contribution < -0.4 is 10.6 Å². The van der Waals surface area contributed by atoms with Gasteiger partial charge in [0.05, 0.1) is 0 Å². The first-order valence-corrected chi connectivity index (χ1v) is 11.0. The zero-order chi connectivity index (χ0) is 22.8. The molecule has 0 aromatic heterocycles. The Kier molecular flexibility index (Phi) is 6.67. The van der Waals surface area contributed by atoms with Gasteiger partial charge in [0.1, 0.15) is 18.6 Å². The fourth-order valence-corrected chi connectivity index (χ4v) is 4.30. The topological polar surface area (TPSA) is 98.8 Å². The Morgan fingerprint density at radius 2 is 1.90 bits per heavy atom. The molecule has 1 spiro atoms. The number of aryl methyl sites for hydroxylation is 1. The van der Waals surface area contributed by atoms with Crippen LogP contribution in [0.2, 0.25) is 0 Å². The summed E-state index contributed by atoms with van der Waals surface area (Å²) in [4.78, 5) is 53.5. The molecule has 8 heteroatoms. The molecule has 1 heterocycles. The van der Waals surface area contributed by atoms with Crippen LogP contribution in [-0.4, -0.2) is 58.2 Å². The highest BCUT2D eigenvalue weighted by Crippen LogP contribution is 2.35. The molecule has 2 N–H and O–H groups in total. The molecule has 1 aliphatic heterocycles. The summed E-state index contributed by atoms with van der Waals surface area (Å²) in [7, 11) is 0. The van der Waals surface area contributed by atoms with Gasteiger partial charge in [0.15, 0.2) is 0 Å². The Hall–Kier alpha value is -2.90. The van der Waals surface area contributed by atoms with Crippen molar-refractivity contribution in [3.05, 3.63) is 29.3 Å². The molecular weight excluding hydrogens is 396 g/mol. The second-order valence-electron chi connectivity index (χ2n) is 8.69. The van der Waals surface area contributed by atoms with Crippen molar-refractivity contribution < 1.29 is 19.2 Å². The van der Waals surface area contributed by atoms with Crippen LogP contribution in [0.3, 0.4) is 0 Å². The fraction of sp³-hybridized carbons (Fsp3) is 0.565. The van der Waals surface area contributed by atoms with Crippen molar-refractivity contribution in [1.29, 1.82) is 0 Å². The minimum absolute atomic E-state index is 0.143. The normalized spacial score (nSPS) is 18.3. The van der Waals surface area contributed by atoms with E-state index >= 15 is 0 Å². The van der Waals surface area contributed by atoms with E-state index in [2.05, 4.69) is 10.6 Å². The van der Waals surface area contributed by atoms with Crippen molar-refractivity contribution in [1.82, 2.24) is 15.1 Å². The maximum atomic E-state index is 13.1. The van der Waals surface area contributed by atoms with E-state index < -0.39 is 17.5 Å². The van der Waals surface area contributed by atoms with E-state index in [1.54, 1.807) is 0 Å². The lowest BCUT2D eigenvalue weighted by molar-refractivity contribution is -0.141. The number of urea groups is 1. The molecule has 1 aliphatic carbocycles. The van der Waals surface area contributed by atoms with E-state index in [1.807, 2.05) is 45.9 Å². The average molecular weight is 429 g/mol. The van der Waals surface area contributed by atoms with Crippen molar-refractivity contribution >= 4 is 29.4 Å². The summed E-state index contributed by atoms with van der Waals surface area (Å²) in [6.07, 6.45) is 3.62. The molecule has 3 rings (SSSR count). The van der Waals surface area contributed by atoms with Crippen LogP contribution in [0.5, 0.6) is 0 Å². The Labute approximate surface area is 183 Å². The summed E-state index contributed by atoms with van der Waals surface area (Å²) in [5.74, 6) is -1.05. The van der Waals surface area contributed by atoms with Crippen molar-refractivity contribution in [3.8, 4) is 0 Å². The number of carbonyl (C=O) groups excluding carboxylic acids is 4. The third kappa shape index (κ3) is 4.57. The third-order valence-corrected chi connectivity index (χ3v) is 6.63. The first-order chi connectivity index (χ1) is 14.7. The van der Waals surface area contributed by atoms with E-state index in [0.29, 0.717) is 24.9 Å². The Balaban J connectivity index is 1.69. The largest absolute Gasteiger partial charge is 0.329 e. The summed E-state index contributed by atoms with van der Waals surface area (Å²) in [6, 6.07) is 4.92. The van der Waals surface area contributed by atoms with Gasteiger partial charge < -0.3 is 15.5 Å². The Bertz CT molecular complexity index is 892. The van der Waals surface area contributed by atoms with Crippen LogP contribution in [0, 0.1) is 13.8 Å². The zero-order valence-corrected chi connectivity index (χ0v) is 18.8. The van der Waals surface area contributed by atoms with Crippen LogP contribution in [0.4, 0.5) is 10.5 Å². The lowest BCUT2D eigenvalue weighted by Gasteiger charge is -2.29. The van der Waals surface area contributed by atoms with Gasteiger partial charge >= 0.3 is 6.03 Å². The van der Waals surface area contributed by atoms with Crippen LogP contribution in [-0.2, 0) is 14.4 Å². The third-order valence-electron chi connectivity index (χ3n) is 6.63. The fourth-order valence-electron chi connectivity index (χ4n) is 4.30. The van der Waals surface area contributed by atoms with Gasteiger partial charge in [0.25, 0.3) is 5.91 Å². The van der Waals surface area contributed by atoms with Gasteiger partial charge in [-0.1, -0.05) is 31.9 Å². The van der Waals surface area contributed by atoms with E-state index in [4.69, 9.17) is 0 Å². The number of hydrogen-bond donors (Lipinski definition) is 2. The van der Waals surface area contributed by atoms with E-state index in [9.17, 15) is 19.2 Å². The number of amides is 5. The van der Waals surface area contributed by atoms with E-state index in [0.717, 1.165) is 28.9 Å². The molecule has 0 unspecified atom stereocenters. The second-order valence-corrected chi connectivity index (χ2v) is 8.69. The predicted octanol–water partition coefficient (Wildman–Crippen LogP) is 2.73. The van der Waals surface area contributed by atoms with Crippen LogP contribution >= 0.6 is 0 Å². The Morgan fingerprint density at radius 1 is 1.23 bits per heavy atom. The molecule has 8 nitrogen and oxygen atoms in total. The lowest BCUT2D eigenvalue weighted by Crippen LogP contribution is -2.49. The van der Waals surface area contributed by atoms with Crippen molar-refractivity contribution in [2.24, 2.45) is 0 Å². The average Bonchev–Trinajstić information content (AvgIpc) is 3.29. The van der Waals surface area contributed by atoms with Crippen molar-refractivity contribution in [2.45, 2.75) is 71.4 Å². The molecule has 0 bridgehead atoms. The molecule has 1 saturated heterocycles. The number of rotatable bonds is 7. The molecule has 1 aromatic carbocycles. The number of carbonyl (C=O) groups is 4. The first-order valence-electron chi connectivity index (χ1n) is 11.0. The molecule has 2 aliphatic rings. The van der Waals surface area contributed by atoms with Gasteiger partial charge in [-0.2, -0.15) is 0 Å². The van der Waals surface area contributed by atoms with E-state index in [1.165, 1.54) is 4.90 Å². The minimum Gasteiger partial charge on any atom is -0.329 e. The lowest BCUT2D eigenvalue weighted by atomic mass is 9.98. The highest BCUT2D eigenvalue weighted by Gasteiger charge is 2.53. The standard InChI is InChI=1S/C23H32N4O4/c1-5-16(3)26(13-19(28)24-18-10-8-9-15(2)17(18)4)20(29)14-27-21(30)23(25-22(27)31)11-6-7-12-23/h8-10,16H,5-7,11-14H2,1-4H3,(H,24,28)(H,25,31)/t16-/m1/s1. The summed E-state index contributed by atoms with van der Waals surface area (Å²) in [5.41, 5.74) is 1.89. The van der Waals surface area contributed by atoms with Gasteiger partial charge in [-0.3, -0.25) is 19.3 Å². The van der Waals surface area contributed by atoms with Gasteiger partial charge in [-0.15, -0.1) is 0 Å². The number of nitrogens with zero attached hydrogens (tertiary/aromatic N) is 2. The molecule has 1 atom stereocenters. The minimum atomic E-state index is -0.849. The molecule has 168 valence electrons. The quantitative estimate of drug-likeness (QED) is 0.653. The number of nitrogens with one attached hydrogen (secondary N) is 2. The highest BCUT2D eigenvalue weighted by molar-refractivity contribution is 6.09. The summed E-state index contributed by atoms with van der Waals surface area (Å²) < 4.78 is 0. The summed E-state index contributed by atoms with van der Waals surface area (Å²) >= 11 is 0. The monoisotopic (exact) mass is 428 g/mol.